The van der Waals surface area contributed by atoms with Crippen LogP contribution in [0.25, 0.3) is 82.8 Å². The van der Waals surface area contributed by atoms with Crippen LogP contribution < -0.4 is 0 Å². The summed E-state index contributed by atoms with van der Waals surface area (Å²) in [5, 5.41) is 14.3. The second-order valence-corrected chi connectivity index (χ2v) is 15.9. The quantitative estimate of drug-likeness (QED) is 0.166. The molecule has 8 aromatic carbocycles. The summed E-state index contributed by atoms with van der Waals surface area (Å²) in [5.74, 6) is 0. The average molecular weight is 754 g/mol. The van der Waals surface area contributed by atoms with Gasteiger partial charge in [0.15, 0.2) is 0 Å². The Labute approximate surface area is 343 Å². The molecule has 1 aliphatic rings. The Morgan fingerprint density at radius 3 is 1.49 bits per heavy atom. The van der Waals surface area contributed by atoms with Crippen LogP contribution in [-0.4, -0.2) is 9.13 Å². The van der Waals surface area contributed by atoms with Gasteiger partial charge in [-0.2, -0.15) is 5.26 Å². The highest BCUT2D eigenvalue weighted by atomic mass is 15.0. The second-order valence-electron chi connectivity index (χ2n) is 15.9. The maximum Gasteiger partial charge on any atom is 0.0991 e. The van der Waals surface area contributed by atoms with Crippen LogP contribution >= 0.6 is 0 Å². The smallest absolute Gasteiger partial charge is 0.0991 e. The van der Waals surface area contributed by atoms with Gasteiger partial charge in [-0.3, -0.25) is 0 Å². The fourth-order valence-corrected chi connectivity index (χ4v) is 9.17. The van der Waals surface area contributed by atoms with Gasteiger partial charge >= 0.3 is 0 Å². The van der Waals surface area contributed by atoms with Crippen molar-refractivity contribution in [3.05, 3.63) is 223 Å². The minimum absolute atomic E-state index is 0.137. The number of benzene rings is 8. The van der Waals surface area contributed by atoms with Crippen LogP contribution in [0.3, 0.4) is 0 Å². The van der Waals surface area contributed by atoms with Gasteiger partial charge in [-0.25, -0.2) is 0 Å². The Morgan fingerprint density at radius 2 is 0.932 bits per heavy atom. The molecule has 1 aliphatic carbocycles. The van der Waals surface area contributed by atoms with Crippen molar-refractivity contribution in [2.45, 2.75) is 18.8 Å². The molecule has 11 rings (SSSR count). The van der Waals surface area contributed by atoms with Gasteiger partial charge in [0.25, 0.3) is 0 Å². The molecule has 1 unspecified atom stereocenters. The molecule has 0 N–H and O–H groups in total. The topological polar surface area (TPSA) is 33.6 Å². The Bertz CT molecular complexity index is 3330. The third-order valence-corrected chi connectivity index (χ3v) is 12.4. The second kappa shape index (κ2) is 13.8. The highest BCUT2D eigenvalue weighted by Gasteiger charge is 2.27. The molecule has 0 saturated carbocycles. The van der Waals surface area contributed by atoms with Gasteiger partial charge in [0.05, 0.1) is 33.7 Å². The minimum atomic E-state index is -0.137. The number of nitriles is 1. The summed E-state index contributed by atoms with van der Waals surface area (Å²) in [5.41, 5.74) is 16.1. The summed E-state index contributed by atoms with van der Waals surface area (Å²) < 4.78 is 4.77. The number of rotatable bonds is 6. The molecule has 0 saturated heterocycles. The van der Waals surface area contributed by atoms with E-state index in [2.05, 4.69) is 204 Å². The lowest BCUT2D eigenvalue weighted by Crippen LogP contribution is -2.20. The van der Waals surface area contributed by atoms with E-state index in [0.29, 0.717) is 5.56 Å². The fraction of sp³-hybridized carbons (Fsp3) is 0.0536. The van der Waals surface area contributed by atoms with Crippen molar-refractivity contribution in [2.75, 3.05) is 0 Å². The Kier molecular flexibility index (Phi) is 8.06. The van der Waals surface area contributed by atoms with E-state index in [0.717, 1.165) is 28.9 Å². The summed E-state index contributed by atoms with van der Waals surface area (Å²) in [6, 6.07) is 69.7. The summed E-state index contributed by atoms with van der Waals surface area (Å²) in [6.45, 7) is 2.36. The van der Waals surface area contributed by atoms with Crippen molar-refractivity contribution in [1.29, 1.82) is 5.26 Å². The van der Waals surface area contributed by atoms with E-state index >= 15 is 0 Å². The van der Waals surface area contributed by atoms with Crippen molar-refractivity contribution in [3.8, 4) is 39.7 Å². The van der Waals surface area contributed by atoms with E-state index in [1.165, 1.54) is 71.4 Å². The van der Waals surface area contributed by atoms with E-state index in [9.17, 15) is 5.26 Å². The van der Waals surface area contributed by atoms with Gasteiger partial charge in [0, 0.05) is 38.3 Å². The number of aromatic nitrogens is 2. The normalized spacial score (nSPS) is 15.2. The van der Waals surface area contributed by atoms with Crippen LogP contribution in [-0.2, 0) is 5.41 Å². The maximum absolute atomic E-state index is 9.22. The van der Waals surface area contributed by atoms with Crippen LogP contribution in [0.1, 0.15) is 30.0 Å². The lowest BCUT2D eigenvalue weighted by molar-refractivity contribution is 0.602. The zero-order valence-corrected chi connectivity index (χ0v) is 32.7. The van der Waals surface area contributed by atoms with Gasteiger partial charge in [-0.15, -0.1) is 0 Å². The standard InChI is InChI=1S/C56H39N3/c1-56(45-24-30-55-51(36-45)49-12-6-8-14-53(49)59(55)47-25-19-41(20-26-47)39-9-3-2-4-10-39)33-31-43(32-34-56)44-23-29-54-50(35-44)48-11-5-7-13-52(48)58(54)46-27-21-42(22-28-46)40-17-15-38(37-57)16-18-40/h2-33,35-36H,34H2,1H3. The minimum Gasteiger partial charge on any atom is -0.309 e. The van der Waals surface area contributed by atoms with Gasteiger partial charge < -0.3 is 9.13 Å². The first-order chi connectivity index (χ1) is 29.0. The van der Waals surface area contributed by atoms with Gasteiger partial charge in [0.1, 0.15) is 0 Å². The zero-order valence-electron chi connectivity index (χ0n) is 32.7. The lowest BCUT2D eigenvalue weighted by Gasteiger charge is -2.29. The number of nitrogens with zero attached hydrogens (tertiary/aromatic N) is 3. The first kappa shape index (κ1) is 34.6. The largest absolute Gasteiger partial charge is 0.309 e. The fourth-order valence-electron chi connectivity index (χ4n) is 9.17. The summed E-state index contributed by atoms with van der Waals surface area (Å²) >= 11 is 0. The van der Waals surface area contributed by atoms with Gasteiger partial charge in [-0.1, -0.05) is 140 Å². The van der Waals surface area contributed by atoms with Crippen molar-refractivity contribution in [1.82, 2.24) is 9.13 Å². The first-order valence-electron chi connectivity index (χ1n) is 20.3. The lowest BCUT2D eigenvalue weighted by atomic mass is 9.75. The van der Waals surface area contributed by atoms with Crippen molar-refractivity contribution in [2.24, 2.45) is 0 Å². The summed E-state index contributed by atoms with van der Waals surface area (Å²) in [4.78, 5) is 0. The summed E-state index contributed by atoms with van der Waals surface area (Å²) in [6.07, 6.45) is 8.07. The van der Waals surface area contributed by atoms with E-state index in [1.807, 2.05) is 24.3 Å². The monoisotopic (exact) mass is 753 g/mol. The molecule has 0 fully saturated rings. The number of hydrogen-bond donors (Lipinski definition) is 0. The number of hydrogen-bond acceptors (Lipinski definition) is 1. The van der Waals surface area contributed by atoms with Crippen molar-refractivity contribution >= 4 is 49.2 Å². The average Bonchev–Trinajstić information content (AvgIpc) is 3.82. The molecule has 0 aliphatic heterocycles. The molecule has 3 heteroatoms. The molecule has 10 aromatic rings. The summed E-state index contributed by atoms with van der Waals surface area (Å²) in [7, 11) is 0. The molecule has 59 heavy (non-hydrogen) atoms. The first-order valence-corrected chi connectivity index (χ1v) is 20.3. The van der Waals surface area contributed by atoms with E-state index in [1.54, 1.807) is 0 Å². The predicted octanol–water partition coefficient (Wildman–Crippen LogP) is 14.4. The van der Waals surface area contributed by atoms with Crippen LogP contribution in [0.5, 0.6) is 0 Å². The molecular formula is C56H39N3. The van der Waals surface area contributed by atoms with Gasteiger partial charge in [0.2, 0.25) is 0 Å². The molecule has 0 amide bonds. The molecule has 3 nitrogen and oxygen atoms in total. The Morgan fingerprint density at radius 1 is 0.458 bits per heavy atom. The molecule has 278 valence electrons. The van der Waals surface area contributed by atoms with Crippen LogP contribution in [0, 0.1) is 11.3 Å². The molecule has 0 spiro atoms. The van der Waals surface area contributed by atoms with Gasteiger partial charge in [-0.05, 0) is 118 Å². The number of allylic oxidation sites excluding steroid dienone is 4. The van der Waals surface area contributed by atoms with E-state index in [-0.39, 0.29) is 5.41 Å². The van der Waals surface area contributed by atoms with E-state index in [4.69, 9.17) is 0 Å². The van der Waals surface area contributed by atoms with Crippen LogP contribution in [0.2, 0.25) is 0 Å². The highest BCUT2D eigenvalue weighted by Crippen LogP contribution is 2.41. The predicted molar refractivity (Wildman–Crippen MR) is 246 cm³/mol. The molecule has 1 atom stereocenters. The molecule has 0 radical (unpaired) electrons. The van der Waals surface area contributed by atoms with Crippen LogP contribution in [0.4, 0.5) is 0 Å². The van der Waals surface area contributed by atoms with E-state index < -0.39 is 0 Å². The Hall–Kier alpha value is -7.67. The number of fused-ring (bicyclic) bond motifs is 6. The zero-order chi connectivity index (χ0) is 39.5. The SMILES string of the molecule is CC1(c2ccc3c(c2)c2ccccc2n3-c2ccc(-c3ccccc3)cc2)C=CC(c2ccc3c(c2)c2ccccc2n3-c2ccc(-c3ccc(C#N)cc3)cc2)=CC1. The number of para-hydroxylation sites is 2. The van der Waals surface area contributed by atoms with Crippen LogP contribution in [0.15, 0.2) is 206 Å². The van der Waals surface area contributed by atoms with Crippen molar-refractivity contribution in [3.63, 3.8) is 0 Å². The molecule has 2 heterocycles. The molecule has 0 bridgehead atoms. The Balaban J connectivity index is 0.906. The third kappa shape index (κ3) is 5.80. The maximum atomic E-state index is 9.22. The highest BCUT2D eigenvalue weighted by molar-refractivity contribution is 6.11. The third-order valence-electron chi connectivity index (χ3n) is 12.4. The molecule has 2 aromatic heterocycles. The van der Waals surface area contributed by atoms with Crippen molar-refractivity contribution < 1.29 is 0 Å². The molecular weight excluding hydrogens is 715 g/mol.